The molecule has 0 radical (unpaired) electrons. The van der Waals surface area contributed by atoms with Gasteiger partial charge in [-0.05, 0) is 31.4 Å². The first kappa shape index (κ1) is 12.8. The van der Waals surface area contributed by atoms with Gasteiger partial charge in [0, 0.05) is 13.7 Å². The molecule has 0 saturated heterocycles. The summed E-state index contributed by atoms with van der Waals surface area (Å²) < 4.78 is 5.43. The van der Waals surface area contributed by atoms with E-state index in [-0.39, 0.29) is 11.5 Å². The van der Waals surface area contributed by atoms with E-state index in [2.05, 4.69) is 15.7 Å². The van der Waals surface area contributed by atoms with E-state index in [0.29, 0.717) is 17.9 Å². The number of carbonyl (C=O) groups is 1. The van der Waals surface area contributed by atoms with Crippen molar-refractivity contribution in [1.82, 2.24) is 10.3 Å². The second kappa shape index (κ2) is 5.32. The average Bonchev–Trinajstić information content (AvgIpc) is 2.38. The summed E-state index contributed by atoms with van der Waals surface area (Å²) in [5.74, 6) is 5.04. The fraction of sp³-hybridized carbons (Fsp3) is 0.500. The highest BCUT2D eigenvalue weighted by molar-refractivity contribution is 5.92. The topological polar surface area (TPSA) is 89.3 Å². The van der Waals surface area contributed by atoms with Crippen LogP contribution in [0, 0.1) is 0 Å². The van der Waals surface area contributed by atoms with E-state index in [4.69, 9.17) is 10.6 Å². The smallest absolute Gasteiger partial charge is 0.269 e. The van der Waals surface area contributed by atoms with Crippen LogP contribution in [0.25, 0.3) is 0 Å². The number of nitrogens with two attached hydrogens (primary N) is 1. The summed E-state index contributed by atoms with van der Waals surface area (Å²) >= 11 is 0. The van der Waals surface area contributed by atoms with E-state index in [1.165, 1.54) is 6.20 Å². The Kier molecular flexibility index (Phi) is 3.78. The minimum atomic E-state index is -0.193. The standard InChI is InChI=1S/C12H18N4O2/c1-18-12(5-2-6-12)8-15-11(17)10-4-3-9(16-13)7-14-10/h3-4,7,16H,2,5-6,8,13H2,1H3,(H,15,17). The van der Waals surface area contributed by atoms with Crippen molar-refractivity contribution < 1.29 is 9.53 Å². The van der Waals surface area contributed by atoms with E-state index in [1.54, 1.807) is 19.2 Å². The summed E-state index contributed by atoms with van der Waals surface area (Å²) in [4.78, 5) is 15.9. The van der Waals surface area contributed by atoms with E-state index in [0.717, 1.165) is 19.3 Å². The van der Waals surface area contributed by atoms with Crippen molar-refractivity contribution in [2.75, 3.05) is 19.1 Å². The largest absolute Gasteiger partial charge is 0.376 e. The lowest BCUT2D eigenvalue weighted by Crippen LogP contribution is -2.49. The molecule has 0 aliphatic heterocycles. The first-order valence-electron chi connectivity index (χ1n) is 5.95. The minimum Gasteiger partial charge on any atom is -0.376 e. The number of nitrogens with one attached hydrogen (secondary N) is 2. The highest BCUT2D eigenvalue weighted by Gasteiger charge is 2.37. The summed E-state index contributed by atoms with van der Waals surface area (Å²) in [6.45, 7) is 0.529. The molecule has 1 fully saturated rings. The molecule has 6 heteroatoms. The van der Waals surface area contributed by atoms with Crippen molar-refractivity contribution in [3.05, 3.63) is 24.0 Å². The first-order chi connectivity index (χ1) is 8.69. The monoisotopic (exact) mass is 250 g/mol. The van der Waals surface area contributed by atoms with Crippen molar-refractivity contribution in [2.24, 2.45) is 5.84 Å². The lowest BCUT2D eigenvalue weighted by Gasteiger charge is -2.40. The molecule has 1 heterocycles. The van der Waals surface area contributed by atoms with Crippen LogP contribution < -0.4 is 16.6 Å². The Morgan fingerprint density at radius 2 is 2.33 bits per heavy atom. The van der Waals surface area contributed by atoms with Crippen LogP contribution in [0.5, 0.6) is 0 Å². The second-order valence-electron chi connectivity index (χ2n) is 4.50. The van der Waals surface area contributed by atoms with Crippen molar-refractivity contribution in [3.63, 3.8) is 0 Å². The molecule has 1 aliphatic rings. The van der Waals surface area contributed by atoms with Gasteiger partial charge in [-0.2, -0.15) is 0 Å². The van der Waals surface area contributed by atoms with Crippen LogP contribution in [-0.2, 0) is 4.74 Å². The van der Waals surface area contributed by atoms with Gasteiger partial charge in [0.2, 0.25) is 0 Å². The third-order valence-corrected chi connectivity index (χ3v) is 3.43. The summed E-state index contributed by atoms with van der Waals surface area (Å²) in [6.07, 6.45) is 4.66. The number of carbonyl (C=O) groups excluding carboxylic acids is 1. The highest BCUT2D eigenvalue weighted by Crippen LogP contribution is 2.34. The molecule has 2 rings (SSSR count). The van der Waals surface area contributed by atoms with Crippen LogP contribution in [0.4, 0.5) is 5.69 Å². The number of anilines is 1. The summed E-state index contributed by atoms with van der Waals surface area (Å²) in [5.41, 5.74) is 3.33. The first-order valence-corrected chi connectivity index (χ1v) is 5.95. The maximum absolute atomic E-state index is 11.9. The zero-order valence-corrected chi connectivity index (χ0v) is 10.4. The molecule has 0 atom stereocenters. The SMILES string of the molecule is COC1(CNC(=O)c2ccc(NN)cn2)CCC1. The van der Waals surface area contributed by atoms with Crippen LogP contribution in [-0.4, -0.2) is 30.1 Å². The summed E-state index contributed by atoms with van der Waals surface area (Å²) in [5, 5.41) is 2.85. The molecule has 6 nitrogen and oxygen atoms in total. The number of nitrogen functional groups attached to an aromatic ring is 1. The third-order valence-electron chi connectivity index (χ3n) is 3.43. The molecule has 1 amide bonds. The van der Waals surface area contributed by atoms with E-state index >= 15 is 0 Å². The fourth-order valence-electron chi connectivity index (χ4n) is 1.97. The van der Waals surface area contributed by atoms with Crippen LogP contribution in [0.15, 0.2) is 18.3 Å². The Bertz CT molecular complexity index is 409. The van der Waals surface area contributed by atoms with Crippen LogP contribution >= 0.6 is 0 Å². The van der Waals surface area contributed by atoms with Gasteiger partial charge < -0.3 is 15.5 Å². The molecule has 0 unspecified atom stereocenters. The van der Waals surface area contributed by atoms with Gasteiger partial charge in [0.15, 0.2) is 0 Å². The van der Waals surface area contributed by atoms with E-state index in [1.807, 2.05) is 0 Å². The van der Waals surface area contributed by atoms with Gasteiger partial charge in [0.1, 0.15) is 5.69 Å². The number of hydrogen-bond acceptors (Lipinski definition) is 5. The molecule has 1 aromatic heterocycles. The fourth-order valence-corrected chi connectivity index (χ4v) is 1.97. The normalized spacial score (nSPS) is 16.8. The van der Waals surface area contributed by atoms with Crippen LogP contribution in [0.3, 0.4) is 0 Å². The number of hydrazine groups is 1. The third kappa shape index (κ3) is 2.60. The molecule has 98 valence electrons. The van der Waals surface area contributed by atoms with Gasteiger partial charge in [-0.25, -0.2) is 4.98 Å². The molecule has 1 saturated carbocycles. The Morgan fingerprint density at radius 3 is 2.78 bits per heavy atom. The molecule has 0 spiro atoms. The lowest BCUT2D eigenvalue weighted by atomic mass is 9.80. The van der Waals surface area contributed by atoms with Crippen LogP contribution in [0.1, 0.15) is 29.8 Å². The van der Waals surface area contributed by atoms with Crippen molar-refractivity contribution >= 4 is 11.6 Å². The molecule has 0 aromatic carbocycles. The quantitative estimate of drug-likeness (QED) is 0.528. The predicted octanol–water partition coefficient (Wildman–Crippen LogP) is 0.666. The maximum atomic E-state index is 11.9. The Hall–Kier alpha value is -1.66. The van der Waals surface area contributed by atoms with Crippen LogP contribution in [0.2, 0.25) is 0 Å². The predicted molar refractivity (Wildman–Crippen MR) is 68.0 cm³/mol. The number of amides is 1. The van der Waals surface area contributed by atoms with Crippen molar-refractivity contribution in [1.29, 1.82) is 0 Å². The van der Waals surface area contributed by atoms with Crippen molar-refractivity contribution in [3.8, 4) is 0 Å². The Labute approximate surface area is 106 Å². The molecular weight excluding hydrogens is 232 g/mol. The van der Waals surface area contributed by atoms with Gasteiger partial charge in [-0.15, -0.1) is 0 Å². The minimum absolute atomic E-state index is 0.172. The molecule has 4 N–H and O–H groups in total. The van der Waals surface area contributed by atoms with Gasteiger partial charge in [0.25, 0.3) is 5.91 Å². The average molecular weight is 250 g/mol. The number of rotatable bonds is 5. The summed E-state index contributed by atoms with van der Waals surface area (Å²) in [7, 11) is 1.69. The van der Waals surface area contributed by atoms with Gasteiger partial charge in [-0.1, -0.05) is 0 Å². The number of aromatic nitrogens is 1. The number of ether oxygens (including phenoxy) is 1. The Balaban J connectivity index is 1.90. The highest BCUT2D eigenvalue weighted by atomic mass is 16.5. The summed E-state index contributed by atoms with van der Waals surface area (Å²) in [6, 6.07) is 3.34. The molecule has 1 aliphatic carbocycles. The zero-order chi connectivity index (χ0) is 13.0. The Morgan fingerprint density at radius 1 is 1.56 bits per heavy atom. The molecule has 1 aromatic rings. The number of nitrogens with zero attached hydrogens (tertiary/aromatic N) is 1. The zero-order valence-electron chi connectivity index (χ0n) is 10.4. The van der Waals surface area contributed by atoms with Crippen molar-refractivity contribution in [2.45, 2.75) is 24.9 Å². The van der Waals surface area contributed by atoms with Gasteiger partial charge in [-0.3, -0.25) is 10.6 Å². The van der Waals surface area contributed by atoms with Gasteiger partial charge in [0.05, 0.1) is 17.5 Å². The molecular formula is C12H18N4O2. The molecule has 0 bridgehead atoms. The number of hydrogen-bond donors (Lipinski definition) is 3. The lowest BCUT2D eigenvalue weighted by molar-refractivity contribution is -0.0679. The number of pyridine rings is 1. The van der Waals surface area contributed by atoms with E-state index in [9.17, 15) is 4.79 Å². The van der Waals surface area contributed by atoms with Gasteiger partial charge >= 0.3 is 0 Å². The molecule has 18 heavy (non-hydrogen) atoms. The van der Waals surface area contributed by atoms with E-state index < -0.39 is 0 Å². The number of methoxy groups -OCH3 is 1. The maximum Gasteiger partial charge on any atom is 0.269 e. The second-order valence-corrected chi connectivity index (χ2v) is 4.50.